The van der Waals surface area contributed by atoms with Crippen molar-refractivity contribution in [3.05, 3.63) is 29.3 Å². The summed E-state index contributed by atoms with van der Waals surface area (Å²) in [5.74, 6) is -12.9. The highest BCUT2D eigenvalue weighted by atomic mass is 33.1. The number of nitrogens with one attached hydrogen (secondary N) is 6. The number of Topliss-reactive ketones (excluding diaryl/α,β-unsaturated/α-hetero) is 3. The zero-order valence-electron chi connectivity index (χ0n) is 47.6. The molecular formula is C56H76N8O16S3. The molecule has 0 radical (unpaired) electrons. The number of aliphatic hydroxyl groups is 1. The number of fused-ring (bicyclic) bond motifs is 5. The largest absolute Gasteiger partial charge is 0.481 e. The van der Waals surface area contributed by atoms with E-state index in [4.69, 9.17) is 4.84 Å². The standard InChI is InChI=1S/C56H76N8O16S3/c1-7-29(3)49-42(68)21-32-20-37-36-19-31(18-34(65)10-9-17-82-83-56(5,6)16-15-48(75)80-64-45(71)13-14-46(64)72)11-12-38(36)60-54(37)81-28-39(59-43(69)25-58-53(78)50(30(4)8-2)61-44(70)26-57-51(32)76)41(67)22-33(23-47(73)74)55(79)63-27-35(66)24-40(63)52(77)62-49/h11-12,19,29-30,32-33,35,39-40,49-50,60,66H,7-10,13-18,20-28H2,1-6H3,(H,57,76)(H,58,78)(H,59,69)(H,61,70)(H,62,77)(H,73,74)/t29?,30-,32+,33-,35+,39-,40-,49-,50-/m0/s1. The van der Waals surface area contributed by atoms with Gasteiger partial charge in [-0.1, -0.05) is 68.2 Å². The van der Waals surface area contributed by atoms with Crippen LogP contribution in [0.5, 0.6) is 0 Å². The fourth-order valence-corrected chi connectivity index (χ4v) is 14.0. The van der Waals surface area contributed by atoms with Crippen molar-refractivity contribution >= 4 is 121 Å². The summed E-state index contributed by atoms with van der Waals surface area (Å²) in [5.41, 5.74) is 1.62. The van der Waals surface area contributed by atoms with Crippen LogP contribution in [-0.4, -0.2) is 168 Å². The Hall–Kier alpha value is -6.32. The fraction of sp³-hybridized carbons (Fsp3) is 0.625. The second-order valence-electron chi connectivity index (χ2n) is 22.4. The van der Waals surface area contributed by atoms with Gasteiger partial charge in [0, 0.05) is 91.0 Å². The van der Waals surface area contributed by atoms with Crippen LogP contribution in [0, 0.1) is 23.7 Å². The van der Waals surface area contributed by atoms with Gasteiger partial charge < -0.3 is 51.5 Å². The van der Waals surface area contributed by atoms with Crippen molar-refractivity contribution in [2.75, 3.05) is 31.1 Å². The molecule has 1 aromatic carbocycles. The van der Waals surface area contributed by atoms with Crippen LogP contribution in [0.2, 0.25) is 0 Å². The van der Waals surface area contributed by atoms with Gasteiger partial charge in [0.15, 0.2) is 11.6 Å². The van der Waals surface area contributed by atoms with Gasteiger partial charge in [-0.3, -0.25) is 57.5 Å². The van der Waals surface area contributed by atoms with Crippen LogP contribution in [-0.2, 0) is 80.0 Å². The summed E-state index contributed by atoms with van der Waals surface area (Å²) in [6, 6.07) is 0.0453. The number of ketones is 3. The van der Waals surface area contributed by atoms with E-state index in [0.717, 1.165) is 16.7 Å². The number of thioether (sulfide) groups is 1. The molecular weight excluding hydrogens is 1140 g/mol. The summed E-state index contributed by atoms with van der Waals surface area (Å²) in [4.78, 5) is 185. The number of rotatable bonds is 18. The number of nitrogens with zero attached hydrogens (tertiary/aromatic N) is 2. The Morgan fingerprint density at radius 3 is 2.16 bits per heavy atom. The average Bonchev–Trinajstić information content (AvgIpc) is 3.37. The van der Waals surface area contributed by atoms with Crippen molar-refractivity contribution in [2.45, 2.75) is 171 Å². The zero-order valence-corrected chi connectivity index (χ0v) is 50.0. The quantitative estimate of drug-likeness (QED) is 0.0604. The highest BCUT2D eigenvalue weighted by Crippen LogP contribution is 2.40. The predicted molar refractivity (Wildman–Crippen MR) is 307 cm³/mol. The van der Waals surface area contributed by atoms with E-state index in [-0.39, 0.29) is 63.0 Å². The van der Waals surface area contributed by atoms with Gasteiger partial charge in [-0.15, -0.1) is 16.8 Å². The van der Waals surface area contributed by atoms with Crippen LogP contribution in [0.3, 0.4) is 0 Å². The number of carbonyl (C=O) groups is 13. The minimum atomic E-state index is -1.57. The lowest BCUT2D eigenvalue weighted by atomic mass is 9.86. The summed E-state index contributed by atoms with van der Waals surface area (Å²) in [6.07, 6.45) is -1.83. The van der Waals surface area contributed by atoms with E-state index >= 15 is 0 Å². The number of hydrogen-bond donors (Lipinski definition) is 8. The molecule has 0 saturated carbocycles. The summed E-state index contributed by atoms with van der Waals surface area (Å²) in [7, 11) is 3.07. The molecule has 24 nitrogen and oxygen atoms in total. The molecule has 0 spiro atoms. The molecule has 8 amide bonds. The van der Waals surface area contributed by atoms with Gasteiger partial charge in [0.05, 0.1) is 48.6 Å². The van der Waals surface area contributed by atoms with E-state index < -0.39 is 162 Å². The van der Waals surface area contributed by atoms with Crippen molar-refractivity contribution in [3.8, 4) is 0 Å². The van der Waals surface area contributed by atoms with Crippen LogP contribution < -0.4 is 26.6 Å². The highest BCUT2D eigenvalue weighted by Gasteiger charge is 2.45. The first-order chi connectivity index (χ1) is 39.3. The lowest BCUT2D eigenvalue weighted by molar-refractivity contribution is -0.197. The summed E-state index contributed by atoms with van der Waals surface area (Å²) < 4.78 is -0.394. The Labute approximate surface area is 493 Å². The van der Waals surface area contributed by atoms with Gasteiger partial charge >= 0.3 is 11.9 Å². The maximum absolute atomic E-state index is 14.8. The molecule has 2 fully saturated rings. The van der Waals surface area contributed by atoms with Gasteiger partial charge in [-0.05, 0) is 68.2 Å². The molecule has 0 aliphatic carbocycles. The number of hydroxylamine groups is 2. The van der Waals surface area contributed by atoms with Crippen molar-refractivity contribution in [3.63, 3.8) is 0 Å². The molecule has 2 bridgehead atoms. The number of benzene rings is 1. The Morgan fingerprint density at radius 1 is 0.819 bits per heavy atom. The minimum Gasteiger partial charge on any atom is -0.481 e. The number of hydrogen-bond acceptors (Lipinski definition) is 18. The molecule has 5 heterocycles. The van der Waals surface area contributed by atoms with Crippen molar-refractivity contribution in [1.82, 2.24) is 41.5 Å². The molecule has 83 heavy (non-hydrogen) atoms. The predicted octanol–water partition coefficient (Wildman–Crippen LogP) is 2.64. The van der Waals surface area contributed by atoms with E-state index in [1.54, 1.807) is 45.9 Å². The van der Waals surface area contributed by atoms with Crippen molar-refractivity contribution in [2.24, 2.45) is 23.7 Å². The third-order valence-corrected chi connectivity index (χ3v) is 20.0. The fourth-order valence-electron chi connectivity index (χ4n) is 10.2. The van der Waals surface area contributed by atoms with Gasteiger partial charge in [0.2, 0.25) is 35.4 Å². The molecule has 2 aromatic rings. The summed E-state index contributed by atoms with van der Waals surface area (Å²) in [5, 5.41) is 35.6. The number of H-pyrrole nitrogens is 1. The third-order valence-electron chi connectivity index (χ3n) is 15.4. The molecule has 4 aliphatic heterocycles. The first kappa shape index (κ1) is 65.8. The summed E-state index contributed by atoms with van der Waals surface area (Å²) >= 11 is 1.05. The Morgan fingerprint density at radius 2 is 1.48 bits per heavy atom. The van der Waals surface area contributed by atoms with Crippen LogP contribution in [0.15, 0.2) is 23.2 Å². The molecule has 9 atom stereocenters. The first-order valence-corrected chi connectivity index (χ1v) is 31.4. The van der Waals surface area contributed by atoms with E-state index in [0.29, 0.717) is 63.6 Å². The third kappa shape index (κ3) is 18.3. The first-order valence-electron chi connectivity index (χ1n) is 28.1. The van der Waals surface area contributed by atoms with Gasteiger partial charge in [-0.25, -0.2) is 4.79 Å². The van der Waals surface area contributed by atoms with E-state index in [1.165, 1.54) is 21.6 Å². The van der Waals surface area contributed by atoms with E-state index in [2.05, 4.69) is 31.6 Å². The molecule has 1 aromatic heterocycles. The van der Waals surface area contributed by atoms with Crippen molar-refractivity contribution < 1.29 is 77.4 Å². The van der Waals surface area contributed by atoms with Gasteiger partial charge in [0.1, 0.15) is 17.9 Å². The number of aliphatic carboxylic acids is 1. The maximum atomic E-state index is 14.8. The van der Waals surface area contributed by atoms with Gasteiger partial charge in [0.25, 0.3) is 11.8 Å². The number of carboxylic acids is 1. The molecule has 4 aliphatic rings. The number of carbonyl (C=O) groups excluding carboxylic acids is 12. The number of aromatic amines is 1. The SMILES string of the molecule is CCC(C)[C@@H]1NC(=O)[C@@H]2C[C@@H](O)CN2C(=O)[C@H](CC(=O)O)CC(=O)[C@@H]2CSc3[nH]c4ccc(CC(=O)CCCSSC(C)(C)CCC(=O)ON5C(=O)CCC5=O)cc4c3C[C@H](CC1=O)C(=O)NCC(=O)N[C@@H]([C@@H](C)CC)C(=O)NCC(=O)N2. The molecule has 27 heteroatoms. The normalized spacial score (nSPS) is 24.7. The number of aromatic nitrogens is 1. The smallest absolute Gasteiger partial charge is 0.333 e. The highest BCUT2D eigenvalue weighted by molar-refractivity contribution is 8.77. The van der Waals surface area contributed by atoms with E-state index in [1.807, 2.05) is 13.8 Å². The van der Waals surface area contributed by atoms with E-state index in [9.17, 15) is 72.5 Å². The second-order valence-corrected chi connectivity index (χ2v) is 26.6. The molecule has 2 saturated heterocycles. The lowest BCUT2D eigenvalue weighted by Crippen LogP contribution is -2.55. The number of aliphatic hydroxyl groups excluding tert-OH is 1. The van der Waals surface area contributed by atoms with Crippen LogP contribution in [0.4, 0.5) is 0 Å². The maximum Gasteiger partial charge on any atom is 0.333 e. The molecule has 454 valence electrons. The Kier molecular flexibility index (Phi) is 23.8. The van der Waals surface area contributed by atoms with Crippen molar-refractivity contribution in [1.29, 1.82) is 0 Å². The molecule has 8 N–H and O–H groups in total. The zero-order chi connectivity index (χ0) is 60.9. The van der Waals surface area contributed by atoms with Crippen LogP contribution in [0.25, 0.3) is 10.9 Å². The monoisotopic (exact) mass is 1210 g/mol. The number of imide groups is 1. The van der Waals surface area contributed by atoms with Crippen LogP contribution in [0.1, 0.15) is 130 Å². The minimum absolute atomic E-state index is 0.00131. The Bertz CT molecular complexity index is 2830. The molecule has 1 unspecified atom stereocenters. The number of amides is 8. The Balaban J connectivity index is 1.33. The lowest BCUT2D eigenvalue weighted by Gasteiger charge is -2.31. The second kappa shape index (κ2) is 30.0. The molecule has 6 rings (SSSR count). The topological polar surface area (TPSA) is 354 Å². The average molecular weight is 1210 g/mol. The van der Waals surface area contributed by atoms with Gasteiger partial charge in [-0.2, -0.15) is 0 Å². The summed E-state index contributed by atoms with van der Waals surface area (Å²) in [6.45, 7) is 9.23. The van der Waals surface area contributed by atoms with Crippen LogP contribution >= 0.6 is 33.3 Å². The number of carboxylic acid groups (broad SMARTS) is 1.